The van der Waals surface area contributed by atoms with Crippen LogP contribution in [0.5, 0.6) is 0 Å². The third-order valence-corrected chi connectivity index (χ3v) is 6.42. The second kappa shape index (κ2) is 4.41. The van der Waals surface area contributed by atoms with Crippen LogP contribution in [0.2, 0.25) is 0 Å². The molecule has 2 saturated carbocycles. The molecule has 2 aliphatic rings. The van der Waals surface area contributed by atoms with E-state index in [0.717, 1.165) is 12.5 Å². The summed E-state index contributed by atoms with van der Waals surface area (Å²) < 4.78 is 55.8. The molecule has 0 aliphatic heterocycles. The Kier molecular flexibility index (Phi) is 3.57. The molecule has 0 saturated heterocycles. The highest BCUT2D eigenvalue weighted by molar-refractivity contribution is 7.86. The zero-order chi connectivity index (χ0) is 15.6. The number of hydrogen-bond donors (Lipinski definition) is 0. The van der Waals surface area contributed by atoms with Crippen LogP contribution in [0.4, 0.5) is 0 Å². The molecule has 0 heterocycles. The van der Waals surface area contributed by atoms with E-state index in [9.17, 15) is 16.8 Å². The van der Waals surface area contributed by atoms with Crippen LogP contribution in [0, 0.1) is 16.7 Å². The maximum absolute atomic E-state index is 11.4. The monoisotopic (exact) mass is 326 g/mol. The van der Waals surface area contributed by atoms with Gasteiger partial charge in [0.05, 0.1) is 24.7 Å². The molecular formula is C12H22O6S2. The van der Waals surface area contributed by atoms with Gasteiger partial charge in [-0.25, -0.2) is 0 Å². The first kappa shape index (κ1) is 16.2. The first-order valence-corrected chi connectivity index (χ1v) is 10.2. The highest BCUT2D eigenvalue weighted by Gasteiger charge is 2.67. The van der Waals surface area contributed by atoms with E-state index < -0.39 is 37.9 Å². The number of fused-ring (bicyclic) bond motifs is 2. The van der Waals surface area contributed by atoms with Crippen LogP contribution < -0.4 is 0 Å². The van der Waals surface area contributed by atoms with Gasteiger partial charge in [-0.2, -0.15) is 16.8 Å². The average Bonchev–Trinajstić information content (AvgIpc) is 2.43. The molecule has 0 amide bonds. The van der Waals surface area contributed by atoms with E-state index >= 15 is 0 Å². The lowest BCUT2D eigenvalue weighted by molar-refractivity contribution is 0.0198. The molecule has 0 N–H and O–H groups in total. The summed E-state index contributed by atoms with van der Waals surface area (Å²) in [6, 6.07) is 0. The molecule has 0 aromatic heterocycles. The number of rotatable bonds is 4. The van der Waals surface area contributed by atoms with Crippen LogP contribution in [-0.2, 0) is 28.6 Å². The Hall–Kier alpha value is -0.180. The van der Waals surface area contributed by atoms with E-state index in [1.165, 1.54) is 0 Å². The SMILES string of the molecule is CC1(C)[C@@H]2C[C@H](OS(C)(=O)=O)[C@]1(C)C[C@@H]2OS(C)(=O)=O. The van der Waals surface area contributed by atoms with E-state index in [-0.39, 0.29) is 11.3 Å². The van der Waals surface area contributed by atoms with Gasteiger partial charge in [0.25, 0.3) is 20.2 Å². The summed E-state index contributed by atoms with van der Waals surface area (Å²) in [7, 11) is -7.05. The molecule has 20 heavy (non-hydrogen) atoms. The lowest BCUT2D eigenvalue weighted by Gasteiger charge is -2.38. The Morgan fingerprint density at radius 1 is 0.950 bits per heavy atom. The van der Waals surface area contributed by atoms with Crippen molar-refractivity contribution < 1.29 is 25.2 Å². The Morgan fingerprint density at radius 3 is 1.80 bits per heavy atom. The van der Waals surface area contributed by atoms with Crippen molar-refractivity contribution in [3.63, 3.8) is 0 Å². The van der Waals surface area contributed by atoms with Crippen molar-refractivity contribution in [2.75, 3.05) is 12.5 Å². The lowest BCUT2D eigenvalue weighted by atomic mass is 9.70. The standard InChI is InChI=1S/C12H22O6S2/c1-11(2)8-6-10(18-20(5,15)16)12(11,3)7-9(8)17-19(4,13)14/h8-10H,6-7H2,1-5H3/t8-,9+,10+,12+/m1/s1. The topological polar surface area (TPSA) is 86.7 Å². The summed E-state index contributed by atoms with van der Waals surface area (Å²) >= 11 is 0. The van der Waals surface area contributed by atoms with Crippen LogP contribution in [0.3, 0.4) is 0 Å². The highest BCUT2D eigenvalue weighted by atomic mass is 32.2. The van der Waals surface area contributed by atoms with Crippen LogP contribution in [0.1, 0.15) is 33.6 Å². The van der Waals surface area contributed by atoms with Crippen LogP contribution in [0.25, 0.3) is 0 Å². The summed E-state index contributed by atoms with van der Waals surface area (Å²) in [5.74, 6) is -0.0334. The molecule has 8 heteroatoms. The second-order valence-corrected chi connectivity index (χ2v) is 10.0. The van der Waals surface area contributed by atoms with Crippen molar-refractivity contribution in [3.8, 4) is 0 Å². The van der Waals surface area contributed by atoms with Crippen LogP contribution in [0.15, 0.2) is 0 Å². The summed E-state index contributed by atoms with van der Waals surface area (Å²) in [4.78, 5) is 0. The summed E-state index contributed by atoms with van der Waals surface area (Å²) in [5.41, 5.74) is -0.659. The van der Waals surface area contributed by atoms with E-state index in [2.05, 4.69) is 0 Å². The minimum Gasteiger partial charge on any atom is -0.267 e. The summed E-state index contributed by atoms with van der Waals surface area (Å²) in [5, 5.41) is 0. The van der Waals surface area contributed by atoms with E-state index in [4.69, 9.17) is 8.37 Å². The fourth-order valence-electron chi connectivity index (χ4n) is 3.88. The smallest absolute Gasteiger partial charge is 0.264 e. The maximum Gasteiger partial charge on any atom is 0.264 e. The van der Waals surface area contributed by atoms with Crippen molar-refractivity contribution in [2.24, 2.45) is 16.7 Å². The summed E-state index contributed by atoms with van der Waals surface area (Å²) in [6.45, 7) is 6.00. The van der Waals surface area contributed by atoms with Gasteiger partial charge < -0.3 is 0 Å². The molecule has 0 radical (unpaired) electrons. The Bertz CT molecular complexity index is 606. The molecule has 2 aliphatic carbocycles. The Morgan fingerprint density at radius 2 is 1.45 bits per heavy atom. The second-order valence-electron chi connectivity index (χ2n) is 6.81. The first-order chi connectivity index (χ1) is 8.76. The Labute approximate surface area is 121 Å². The molecule has 6 nitrogen and oxygen atoms in total. The van der Waals surface area contributed by atoms with Crippen molar-refractivity contribution in [1.82, 2.24) is 0 Å². The van der Waals surface area contributed by atoms with Gasteiger partial charge in [0.2, 0.25) is 0 Å². The van der Waals surface area contributed by atoms with E-state index in [0.29, 0.717) is 12.8 Å². The molecular weight excluding hydrogens is 304 g/mol. The van der Waals surface area contributed by atoms with Gasteiger partial charge in [0.1, 0.15) is 0 Å². The average molecular weight is 326 g/mol. The first-order valence-electron chi connectivity index (χ1n) is 6.53. The normalized spacial score (nSPS) is 40.1. The molecule has 2 fully saturated rings. The largest absolute Gasteiger partial charge is 0.267 e. The zero-order valence-electron chi connectivity index (χ0n) is 12.4. The van der Waals surface area contributed by atoms with E-state index in [1.54, 1.807) is 0 Å². The molecule has 0 spiro atoms. The van der Waals surface area contributed by atoms with Gasteiger partial charge in [-0.15, -0.1) is 0 Å². The van der Waals surface area contributed by atoms with Gasteiger partial charge >= 0.3 is 0 Å². The van der Waals surface area contributed by atoms with Gasteiger partial charge in [-0.05, 0) is 24.2 Å². The molecule has 4 atom stereocenters. The fourth-order valence-corrected chi connectivity index (χ4v) is 5.24. The predicted molar refractivity (Wildman–Crippen MR) is 74.0 cm³/mol. The lowest BCUT2D eigenvalue weighted by Crippen LogP contribution is -2.39. The van der Waals surface area contributed by atoms with Crippen molar-refractivity contribution in [2.45, 2.75) is 45.8 Å². The zero-order valence-corrected chi connectivity index (χ0v) is 14.0. The molecule has 118 valence electrons. The van der Waals surface area contributed by atoms with Crippen LogP contribution >= 0.6 is 0 Å². The molecule has 2 bridgehead atoms. The van der Waals surface area contributed by atoms with Gasteiger partial charge in [-0.1, -0.05) is 20.8 Å². The molecule has 0 aromatic carbocycles. The van der Waals surface area contributed by atoms with E-state index in [1.807, 2.05) is 20.8 Å². The predicted octanol–water partition coefficient (Wildman–Crippen LogP) is 1.13. The number of hydrogen-bond acceptors (Lipinski definition) is 6. The maximum atomic E-state index is 11.4. The van der Waals surface area contributed by atoms with Crippen molar-refractivity contribution in [1.29, 1.82) is 0 Å². The van der Waals surface area contributed by atoms with Gasteiger partial charge in [0.15, 0.2) is 0 Å². The summed E-state index contributed by atoms with van der Waals surface area (Å²) in [6.07, 6.45) is 2.24. The van der Waals surface area contributed by atoms with Crippen LogP contribution in [-0.4, -0.2) is 41.6 Å². The molecule has 0 aromatic rings. The highest BCUT2D eigenvalue weighted by Crippen LogP contribution is 2.67. The minimum atomic E-state index is -3.53. The van der Waals surface area contributed by atoms with Crippen molar-refractivity contribution >= 4 is 20.2 Å². The van der Waals surface area contributed by atoms with Gasteiger partial charge in [0, 0.05) is 5.41 Å². The van der Waals surface area contributed by atoms with Gasteiger partial charge in [-0.3, -0.25) is 8.37 Å². The molecule has 0 unspecified atom stereocenters. The quantitative estimate of drug-likeness (QED) is 0.720. The minimum absolute atomic E-state index is 0.0334. The third kappa shape index (κ3) is 2.63. The fraction of sp³-hybridized carbons (Fsp3) is 1.00. The molecule has 2 rings (SSSR count). The third-order valence-electron chi connectivity index (χ3n) is 5.24. The Balaban J connectivity index is 2.28. The van der Waals surface area contributed by atoms with Crippen molar-refractivity contribution in [3.05, 3.63) is 0 Å².